The predicted molar refractivity (Wildman–Crippen MR) is 113 cm³/mol. The number of Topliss-reactive ketones (excluding diaryl/α,β-unsaturated/α-hetero) is 1. The second kappa shape index (κ2) is 8.78. The molecule has 0 fully saturated rings. The Morgan fingerprint density at radius 2 is 1.81 bits per heavy atom. The SMILES string of the molecule is CC(=O)c1ccc(S(=O)(=O)N(C)CC(=O)OCc2nc3c(C)cccc3c(=O)[nH]2)cc1. The fourth-order valence-electron chi connectivity index (χ4n) is 2.92. The molecular formula is C21H21N3O6S. The van der Waals surface area contributed by atoms with Crippen LogP contribution >= 0.6 is 0 Å². The minimum Gasteiger partial charge on any atom is -0.457 e. The highest BCUT2D eigenvalue weighted by molar-refractivity contribution is 7.89. The first-order valence-corrected chi connectivity index (χ1v) is 10.7. The molecule has 3 aromatic rings. The number of H-pyrrole nitrogens is 1. The number of para-hydroxylation sites is 1. The summed E-state index contributed by atoms with van der Waals surface area (Å²) < 4.78 is 31.2. The van der Waals surface area contributed by atoms with Crippen LogP contribution in [0.4, 0.5) is 0 Å². The summed E-state index contributed by atoms with van der Waals surface area (Å²) in [5.41, 5.74) is 1.34. The van der Waals surface area contributed by atoms with E-state index >= 15 is 0 Å². The standard InChI is InChI=1S/C21H21N3O6S/c1-13-5-4-6-17-20(13)22-18(23-21(17)27)12-30-19(26)11-24(3)31(28,29)16-9-7-15(8-10-16)14(2)25/h4-10H,11-12H2,1-3H3,(H,22,23,27). The van der Waals surface area contributed by atoms with Gasteiger partial charge in [-0.15, -0.1) is 0 Å². The number of nitrogens with one attached hydrogen (secondary N) is 1. The minimum atomic E-state index is -3.95. The molecule has 0 amide bonds. The van der Waals surface area contributed by atoms with Gasteiger partial charge in [-0.3, -0.25) is 14.4 Å². The van der Waals surface area contributed by atoms with Crippen molar-refractivity contribution < 1.29 is 22.7 Å². The summed E-state index contributed by atoms with van der Waals surface area (Å²) in [5.74, 6) is -0.833. The quantitative estimate of drug-likeness (QED) is 0.436. The van der Waals surface area contributed by atoms with Gasteiger partial charge >= 0.3 is 5.97 Å². The van der Waals surface area contributed by atoms with Gasteiger partial charge in [-0.1, -0.05) is 24.3 Å². The summed E-state index contributed by atoms with van der Waals surface area (Å²) in [6.45, 7) is 2.35. The lowest BCUT2D eigenvalue weighted by Crippen LogP contribution is -2.33. The van der Waals surface area contributed by atoms with Crippen LogP contribution in [-0.4, -0.2) is 48.0 Å². The number of aromatic nitrogens is 2. The van der Waals surface area contributed by atoms with Crippen LogP contribution in [0, 0.1) is 6.92 Å². The Kier molecular flexibility index (Phi) is 6.32. The van der Waals surface area contributed by atoms with Crippen LogP contribution in [0.5, 0.6) is 0 Å². The summed E-state index contributed by atoms with van der Waals surface area (Å²) in [7, 11) is -2.71. The van der Waals surface area contributed by atoms with Crippen molar-refractivity contribution in [2.45, 2.75) is 25.3 Å². The van der Waals surface area contributed by atoms with Gasteiger partial charge in [0.15, 0.2) is 5.78 Å². The molecule has 1 heterocycles. The molecule has 0 atom stereocenters. The predicted octanol–water partition coefficient (Wildman–Crippen LogP) is 1.80. The smallest absolute Gasteiger partial charge is 0.321 e. The molecule has 0 aliphatic carbocycles. The van der Waals surface area contributed by atoms with E-state index in [2.05, 4.69) is 9.97 Å². The van der Waals surface area contributed by atoms with E-state index in [0.29, 0.717) is 16.5 Å². The number of hydrogen-bond donors (Lipinski definition) is 1. The van der Waals surface area contributed by atoms with Crippen LogP contribution in [-0.2, 0) is 26.2 Å². The number of hydrogen-bond acceptors (Lipinski definition) is 7. The van der Waals surface area contributed by atoms with E-state index in [9.17, 15) is 22.8 Å². The van der Waals surface area contributed by atoms with Gasteiger partial charge in [-0.05, 0) is 37.6 Å². The number of fused-ring (bicyclic) bond motifs is 1. The van der Waals surface area contributed by atoms with Crippen molar-refractivity contribution in [3.05, 3.63) is 69.8 Å². The van der Waals surface area contributed by atoms with Crippen molar-refractivity contribution in [1.82, 2.24) is 14.3 Å². The highest BCUT2D eigenvalue weighted by Gasteiger charge is 2.24. The van der Waals surface area contributed by atoms with Crippen molar-refractivity contribution in [3.8, 4) is 0 Å². The number of likely N-dealkylation sites (N-methyl/N-ethyl adjacent to an activating group) is 1. The molecule has 2 aromatic carbocycles. The van der Waals surface area contributed by atoms with Crippen molar-refractivity contribution >= 4 is 32.7 Å². The third-order valence-electron chi connectivity index (χ3n) is 4.68. The second-order valence-electron chi connectivity index (χ2n) is 6.99. The monoisotopic (exact) mass is 443 g/mol. The molecule has 31 heavy (non-hydrogen) atoms. The molecular weight excluding hydrogens is 422 g/mol. The average Bonchev–Trinajstić information content (AvgIpc) is 2.73. The van der Waals surface area contributed by atoms with E-state index in [1.807, 2.05) is 13.0 Å². The van der Waals surface area contributed by atoms with Crippen LogP contribution < -0.4 is 5.56 Å². The van der Waals surface area contributed by atoms with E-state index in [-0.39, 0.29) is 28.7 Å². The lowest BCUT2D eigenvalue weighted by atomic mass is 10.1. The highest BCUT2D eigenvalue weighted by Crippen LogP contribution is 2.16. The van der Waals surface area contributed by atoms with Gasteiger partial charge in [0, 0.05) is 12.6 Å². The Morgan fingerprint density at radius 3 is 2.45 bits per heavy atom. The molecule has 1 aromatic heterocycles. The first-order valence-electron chi connectivity index (χ1n) is 9.31. The number of carbonyl (C=O) groups excluding carboxylic acids is 2. The Hall–Kier alpha value is -3.37. The molecule has 0 saturated carbocycles. The molecule has 0 spiro atoms. The first-order chi connectivity index (χ1) is 14.6. The molecule has 9 nitrogen and oxygen atoms in total. The van der Waals surface area contributed by atoms with Gasteiger partial charge in [0.25, 0.3) is 5.56 Å². The summed E-state index contributed by atoms with van der Waals surface area (Å²) in [6.07, 6.45) is 0. The Morgan fingerprint density at radius 1 is 1.13 bits per heavy atom. The van der Waals surface area contributed by atoms with Crippen LogP contribution in [0.3, 0.4) is 0 Å². The number of aryl methyl sites for hydroxylation is 1. The molecule has 0 radical (unpaired) electrons. The molecule has 10 heteroatoms. The molecule has 3 rings (SSSR count). The maximum atomic E-state index is 12.6. The van der Waals surface area contributed by atoms with E-state index < -0.39 is 22.5 Å². The average molecular weight is 443 g/mol. The zero-order valence-electron chi connectivity index (χ0n) is 17.2. The number of aromatic amines is 1. The molecule has 0 unspecified atom stereocenters. The summed E-state index contributed by atoms with van der Waals surface area (Å²) in [6, 6.07) is 10.6. The number of esters is 1. The third kappa shape index (κ3) is 4.86. The molecule has 0 saturated heterocycles. The molecule has 0 aliphatic rings. The number of rotatable bonds is 7. The molecule has 0 bridgehead atoms. The highest BCUT2D eigenvalue weighted by atomic mass is 32.2. The van der Waals surface area contributed by atoms with Gasteiger partial charge in [-0.2, -0.15) is 4.31 Å². The van der Waals surface area contributed by atoms with Crippen LogP contribution in [0.2, 0.25) is 0 Å². The topological polar surface area (TPSA) is 126 Å². The number of carbonyl (C=O) groups is 2. The fraction of sp³-hybridized carbons (Fsp3) is 0.238. The maximum Gasteiger partial charge on any atom is 0.321 e. The number of nitrogens with zero attached hydrogens (tertiary/aromatic N) is 2. The number of benzene rings is 2. The lowest BCUT2D eigenvalue weighted by molar-refractivity contribution is -0.145. The van der Waals surface area contributed by atoms with Crippen molar-refractivity contribution in [3.63, 3.8) is 0 Å². The number of ether oxygens (including phenoxy) is 1. The normalized spacial score (nSPS) is 11.6. The third-order valence-corrected chi connectivity index (χ3v) is 6.50. The van der Waals surface area contributed by atoms with Gasteiger partial charge in [0.2, 0.25) is 10.0 Å². The molecule has 0 aliphatic heterocycles. The van der Waals surface area contributed by atoms with E-state index in [0.717, 1.165) is 9.87 Å². The Labute approximate surface area is 178 Å². The van der Waals surface area contributed by atoms with Crippen LogP contribution in [0.1, 0.15) is 28.7 Å². The summed E-state index contributed by atoms with van der Waals surface area (Å²) in [5, 5.41) is 0.427. The van der Waals surface area contributed by atoms with Crippen LogP contribution in [0.15, 0.2) is 52.2 Å². The summed E-state index contributed by atoms with van der Waals surface area (Å²) >= 11 is 0. The van der Waals surface area contributed by atoms with E-state index in [1.54, 1.807) is 12.1 Å². The molecule has 162 valence electrons. The largest absolute Gasteiger partial charge is 0.457 e. The van der Waals surface area contributed by atoms with E-state index in [4.69, 9.17) is 4.74 Å². The minimum absolute atomic E-state index is 0.0520. The first kappa shape index (κ1) is 22.3. The Balaban J connectivity index is 1.67. The summed E-state index contributed by atoms with van der Waals surface area (Å²) in [4.78, 5) is 42.5. The zero-order chi connectivity index (χ0) is 22.8. The van der Waals surface area contributed by atoms with Gasteiger partial charge < -0.3 is 9.72 Å². The van der Waals surface area contributed by atoms with Gasteiger partial charge in [0.05, 0.1) is 15.8 Å². The zero-order valence-corrected chi connectivity index (χ0v) is 18.0. The maximum absolute atomic E-state index is 12.6. The van der Waals surface area contributed by atoms with E-state index in [1.165, 1.54) is 38.2 Å². The van der Waals surface area contributed by atoms with Crippen LogP contribution in [0.25, 0.3) is 10.9 Å². The number of sulfonamides is 1. The van der Waals surface area contributed by atoms with Gasteiger partial charge in [0.1, 0.15) is 19.0 Å². The fourth-order valence-corrected chi connectivity index (χ4v) is 4.04. The van der Waals surface area contributed by atoms with Crippen molar-refractivity contribution in [2.75, 3.05) is 13.6 Å². The second-order valence-corrected chi connectivity index (χ2v) is 9.03. The van der Waals surface area contributed by atoms with Gasteiger partial charge in [-0.25, -0.2) is 13.4 Å². The Bertz CT molecular complexity index is 1310. The number of ketones is 1. The molecule has 1 N–H and O–H groups in total. The van der Waals surface area contributed by atoms with Crippen molar-refractivity contribution in [2.24, 2.45) is 0 Å². The lowest BCUT2D eigenvalue weighted by Gasteiger charge is -2.16. The van der Waals surface area contributed by atoms with Crippen molar-refractivity contribution in [1.29, 1.82) is 0 Å².